The Morgan fingerprint density at radius 1 is 1.16 bits per heavy atom. The number of ether oxygens (including phenoxy) is 2. The zero-order valence-electron chi connectivity index (χ0n) is 19.7. The van der Waals surface area contributed by atoms with E-state index in [0.29, 0.717) is 24.4 Å². The summed E-state index contributed by atoms with van der Waals surface area (Å²) >= 11 is 0. The van der Waals surface area contributed by atoms with Gasteiger partial charge in [-0.15, -0.1) is 0 Å². The van der Waals surface area contributed by atoms with Crippen molar-refractivity contribution in [2.75, 3.05) is 11.3 Å². The molecule has 0 radical (unpaired) electrons. The van der Waals surface area contributed by atoms with Gasteiger partial charge in [-0.05, 0) is 60.5 Å². The number of carbonyl (C=O) groups is 1. The number of aliphatic hydroxyl groups excluding tert-OH is 1. The molecule has 0 saturated carbocycles. The van der Waals surface area contributed by atoms with Gasteiger partial charge in [0.2, 0.25) is 5.91 Å². The SMILES string of the molecule is O=C(C[C@H]1C[C@H]2c3cc(NS(=O)(=O)c4ccc(F)cc4)ccc3O[C@H]2[C@H](CO)O1)NCc1cccnc1. The molecule has 2 aliphatic rings. The summed E-state index contributed by atoms with van der Waals surface area (Å²) in [6, 6.07) is 13.2. The zero-order chi connectivity index (χ0) is 26.0. The lowest BCUT2D eigenvalue weighted by molar-refractivity contribution is -0.142. The first-order valence-corrected chi connectivity index (χ1v) is 13.3. The fraction of sp³-hybridized carbons (Fsp3) is 0.308. The molecule has 2 aromatic carbocycles. The third kappa shape index (κ3) is 5.58. The van der Waals surface area contributed by atoms with Crippen LogP contribution in [-0.4, -0.2) is 49.3 Å². The molecule has 1 aromatic heterocycles. The van der Waals surface area contributed by atoms with Gasteiger partial charge in [0.05, 0.1) is 24.0 Å². The van der Waals surface area contributed by atoms with Crippen LogP contribution < -0.4 is 14.8 Å². The smallest absolute Gasteiger partial charge is 0.261 e. The van der Waals surface area contributed by atoms with Gasteiger partial charge in [-0.3, -0.25) is 14.5 Å². The highest BCUT2D eigenvalue weighted by Crippen LogP contribution is 2.47. The number of benzene rings is 2. The number of amides is 1. The molecule has 3 N–H and O–H groups in total. The fourth-order valence-electron chi connectivity index (χ4n) is 4.76. The highest BCUT2D eigenvalue weighted by atomic mass is 32.2. The number of sulfonamides is 1. The first-order chi connectivity index (χ1) is 17.8. The number of aromatic nitrogens is 1. The van der Waals surface area contributed by atoms with E-state index in [9.17, 15) is 22.7 Å². The minimum atomic E-state index is -3.93. The molecule has 3 heterocycles. The van der Waals surface area contributed by atoms with E-state index in [2.05, 4.69) is 15.0 Å². The summed E-state index contributed by atoms with van der Waals surface area (Å²) in [4.78, 5) is 16.5. The Kier molecular flexibility index (Phi) is 7.09. The average Bonchev–Trinajstić information content (AvgIpc) is 3.25. The molecule has 0 bridgehead atoms. The summed E-state index contributed by atoms with van der Waals surface area (Å²) in [5, 5.41) is 12.8. The summed E-state index contributed by atoms with van der Waals surface area (Å²) in [6.45, 7) is 0.0609. The van der Waals surface area contributed by atoms with Crippen molar-refractivity contribution in [1.82, 2.24) is 10.3 Å². The van der Waals surface area contributed by atoms with Crippen molar-refractivity contribution in [2.45, 2.75) is 48.5 Å². The van der Waals surface area contributed by atoms with E-state index in [0.717, 1.165) is 23.3 Å². The van der Waals surface area contributed by atoms with Crippen LogP contribution in [-0.2, 0) is 26.1 Å². The van der Waals surface area contributed by atoms with Crippen molar-refractivity contribution >= 4 is 21.6 Å². The first-order valence-electron chi connectivity index (χ1n) is 11.8. The van der Waals surface area contributed by atoms with Crippen LogP contribution in [0.4, 0.5) is 10.1 Å². The van der Waals surface area contributed by atoms with E-state index >= 15 is 0 Å². The van der Waals surface area contributed by atoms with E-state index in [4.69, 9.17) is 9.47 Å². The molecule has 0 unspecified atom stereocenters. The number of aliphatic hydroxyl groups is 1. The molecular formula is C26H26FN3O6S. The minimum absolute atomic E-state index is 0.0627. The minimum Gasteiger partial charge on any atom is -0.487 e. The average molecular weight is 528 g/mol. The molecule has 194 valence electrons. The van der Waals surface area contributed by atoms with Gasteiger partial charge >= 0.3 is 0 Å². The van der Waals surface area contributed by atoms with Gasteiger partial charge in [-0.1, -0.05) is 6.07 Å². The van der Waals surface area contributed by atoms with Gasteiger partial charge < -0.3 is 19.9 Å². The summed E-state index contributed by atoms with van der Waals surface area (Å²) in [5.41, 5.74) is 1.97. The third-order valence-electron chi connectivity index (χ3n) is 6.50. The molecule has 0 aliphatic carbocycles. The molecule has 0 spiro atoms. The summed E-state index contributed by atoms with van der Waals surface area (Å²) in [5.74, 6) is -0.349. The predicted octanol–water partition coefficient (Wildman–Crippen LogP) is 2.72. The zero-order valence-corrected chi connectivity index (χ0v) is 20.5. The molecule has 4 atom stereocenters. The number of halogens is 1. The van der Waals surface area contributed by atoms with Crippen LogP contribution in [0.5, 0.6) is 5.75 Å². The maximum Gasteiger partial charge on any atom is 0.261 e. The Morgan fingerprint density at radius 2 is 1.97 bits per heavy atom. The Hall–Kier alpha value is -3.54. The van der Waals surface area contributed by atoms with E-state index in [1.54, 1.807) is 36.7 Å². The summed E-state index contributed by atoms with van der Waals surface area (Å²) in [6.07, 6.45) is 2.35. The molecule has 9 nitrogen and oxygen atoms in total. The number of fused-ring (bicyclic) bond motifs is 3. The fourth-order valence-corrected chi connectivity index (χ4v) is 5.81. The number of pyridine rings is 1. The third-order valence-corrected chi connectivity index (χ3v) is 7.90. The van der Waals surface area contributed by atoms with Gasteiger partial charge in [-0.25, -0.2) is 12.8 Å². The topological polar surface area (TPSA) is 127 Å². The Bertz CT molecular complexity index is 1370. The lowest BCUT2D eigenvalue weighted by Crippen LogP contribution is -2.47. The number of hydrogen-bond donors (Lipinski definition) is 3. The van der Waals surface area contributed by atoms with Crippen molar-refractivity contribution in [1.29, 1.82) is 0 Å². The maximum atomic E-state index is 13.2. The van der Waals surface area contributed by atoms with Gasteiger partial charge in [0, 0.05) is 36.1 Å². The molecule has 1 fully saturated rings. The van der Waals surface area contributed by atoms with Crippen LogP contribution in [0.3, 0.4) is 0 Å². The van der Waals surface area contributed by atoms with Crippen molar-refractivity contribution in [3.8, 4) is 5.75 Å². The van der Waals surface area contributed by atoms with Crippen LogP contribution in [0.1, 0.15) is 29.9 Å². The number of nitrogens with zero attached hydrogens (tertiary/aromatic N) is 1. The van der Waals surface area contributed by atoms with Gasteiger partial charge in [-0.2, -0.15) is 0 Å². The molecule has 3 aromatic rings. The highest BCUT2D eigenvalue weighted by molar-refractivity contribution is 7.92. The van der Waals surface area contributed by atoms with Crippen LogP contribution in [0.2, 0.25) is 0 Å². The summed E-state index contributed by atoms with van der Waals surface area (Å²) < 4.78 is 53.3. The first kappa shape index (κ1) is 25.1. The lowest BCUT2D eigenvalue weighted by atomic mass is 9.84. The van der Waals surface area contributed by atoms with Crippen molar-refractivity contribution in [3.05, 3.63) is 83.9 Å². The number of nitrogens with one attached hydrogen (secondary N) is 2. The second kappa shape index (κ2) is 10.4. The van der Waals surface area contributed by atoms with Crippen molar-refractivity contribution < 1.29 is 32.2 Å². The van der Waals surface area contributed by atoms with Crippen LogP contribution in [0, 0.1) is 5.82 Å². The normalized spacial score (nSPS) is 22.4. The van der Waals surface area contributed by atoms with E-state index in [1.807, 2.05) is 6.07 Å². The van der Waals surface area contributed by atoms with E-state index < -0.39 is 34.2 Å². The molecule has 2 aliphatic heterocycles. The van der Waals surface area contributed by atoms with Crippen LogP contribution >= 0.6 is 0 Å². The molecule has 5 rings (SSSR count). The van der Waals surface area contributed by atoms with Gasteiger partial charge in [0.15, 0.2) is 0 Å². The molecule has 1 amide bonds. The second-order valence-corrected chi connectivity index (χ2v) is 10.7. The predicted molar refractivity (Wildman–Crippen MR) is 132 cm³/mol. The Balaban J connectivity index is 1.29. The highest BCUT2D eigenvalue weighted by Gasteiger charge is 2.46. The summed E-state index contributed by atoms with van der Waals surface area (Å²) in [7, 11) is -3.93. The van der Waals surface area contributed by atoms with Gasteiger partial charge in [0.1, 0.15) is 23.8 Å². The second-order valence-electron chi connectivity index (χ2n) is 9.06. The van der Waals surface area contributed by atoms with Gasteiger partial charge in [0.25, 0.3) is 10.0 Å². The number of rotatable bonds is 8. The van der Waals surface area contributed by atoms with Crippen LogP contribution in [0.15, 0.2) is 71.9 Å². The quantitative estimate of drug-likeness (QED) is 0.411. The Labute approximate surface area is 213 Å². The molecular weight excluding hydrogens is 501 g/mol. The van der Waals surface area contributed by atoms with E-state index in [1.165, 1.54) is 12.1 Å². The van der Waals surface area contributed by atoms with Crippen molar-refractivity contribution in [3.63, 3.8) is 0 Å². The lowest BCUT2D eigenvalue weighted by Gasteiger charge is -2.37. The monoisotopic (exact) mass is 527 g/mol. The largest absolute Gasteiger partial charge is 0.487 e. The number of hydrogen-bond acceptors (Lipinski definition) is 7. The number of carbonyl (C=O) groups excluding carboxylic acids is 1. The molecule has 11 heteroatoms. The standard InChI is InChI=1S/C26H26FN3O6S/c27-17-3-6-20(7-4-17)37(33,34)30-18-5-8-23-21(10-18)22-11-19(35-24(15-31)26(22)36-23)12-25(32)29-14-16-2-1-9-28-13-16/h1-10,13,19,22,24,26,30-31H,11-12,14-15H2,(H,29,32)/t19-,22+,24+,26-/m1/s1. The molecule has 37 heavy (non-hydrogen) atoms. The van der Waals surface area contributed by atoms with E-state index in [-0.39, 0.29) is 29.7 Å². The maximum absolute atomic E-state index is 13.2. The molecule has 1 saturated heterocycles. The Morgan fingerprint density at radius 3 is 2.70 bits per heavy atom. The van der Waals surface area contributed by atoms with Crippen molar-refractivity contribution in [2.24, 2.45) is 0 Å². The number of anilines is 1. The van der Waals surface area contributed by atoms with Crippen LogP contribution in [0.25, 0.3) is 0 Å².